The van der Waals surface area contributed by atoms with E-state index in [0.717, 1.165) is 128 Å². The van der Waals surface area contributed by atoms with Crippen LogP contribution < -0.4 is 31.1 Å². The molecule has 0 saturated carbocycles. The first-order valence-corrected chi connectivity index (χ1v) is 18.4. The molecule has 14 nitrogen and oxygen atoms in total. The van der Waals surface area contributed by atoms with Gasteiger partial charge in [-0.3, -0.25) is 9.98 Å². The predicted molar refractivity (Wildman–Crippen MR) is 212 cm³/mol. The van der Waals surface area contributed by atoms with Crippen molar-refractivity contribution in [3.63, 3.8) is 0 Å². The molecule has 0 bridgehead atoms. The first-order chi connectivity index (χ1) is 25.3. The molecule has 2 aromatic carbocycles. The largest absolute Gasteiger partial charge is 0.478 e. The maximum Gasteiger partial charge on any atom is 0.328 e. The molecule has 52 heavy (non-hydrogen) atoms. The molecule has 2 aliphatic heterocycles. The first kappa shape index (κ1) is 43.3. The summed E-state index contributed by atoms with van der Waals surface area (Å²) in [4.78, 5) is 33.1. The SMILES string of the molecule is CCCN=C(NCCC)Nc1ccccc1N1CCOCC1.CCCN=C(NCCC)Nc1ccccc1N1CCOCC1.O=C(O)/C=C/C(=O)O. The number of hydrogen-bond donors (Lipinski definition) is 6. The van der Waals surface area contributed by atoms with E-state index in [9.17, 15) is 9.59 Å². The third-order valence-electron chi connectivity index (χ3n) is 7.46. The van der Waals surface area contributed by atoms with Crippen LogP contribution in [-0.4, -0.2) is 113 Å². The van der Waals surface area contributed by atoms with Crippen molar-refractivity contribution in [2.24, 2.45) is 9.98 Å². The second-order valence-electron chi connectivity index (χ2n) is 11.8. The van der Waals surface area contributed by atoms with Crippen LogP contribution in [0.15, 0.2) is 70.7 Å². The summed E-state index contributed by atoms with van der Waals surface area (Å²) >= 11 is 0. The molecular formula is C38H60N8O6. The molecule has 2 aromatic rings. The number of ether oxygens (including phenoxy) is 2. The Hall–Kier alpha value is -4.82. The molecule has 288 valence electrons. The lowest BCUT2D eigenvalue weighted by atomic mass is 10.2. The van der Waals surface area contributed by atoms with Crippen molar-refractivity contribution in [1.29, 1.82) is 0 Å². The highest BCUT2D eigenvalue weighted by Gasteiger charge is 2.16. The van der Waals surface area contributed by atoms with Crippen LogP contribution in [0.4, 0.5) is 22.7 Å². The number of nitrogens with one attached hydrogen (secondary N) is 4. The van der Waals surface area contributed by atoms with Gasteiger partial charge in [-0.05, 0) is 49.9 Å². The minimum absolute atomic E-state index is 0.558. The summed E-state index contributed by atoms with van der Waals surface area (Å²) in [6.45, 7) is 19.0. The summed E-state index contributed by atoms with van der Waals surface area (Å²) < 4.78 is 10.9. The number of carboxylic acids is 2. The number of carboxylic acid groups (broad SMARTS) is 2. The number of aliphatic carboxylic acids is 2. The number of para-hydroxylation sites is 4. The zero-order valence-electron chi connectivity index (χ0n) is 31.4. The lowest BCUT2D eigenvalue weighted by molar-refractivity contribution is -0.134. The van der Waals surface area contributed by atoms with Gasteiger partial charge in [-0.15, -0.1) is 0 Å². The first-order valence-electron chi connectivity index (χ1n) is 18.4. The quantitative estimate of drug-likeness (QED) is 0.0865. The number of aliphatic imine (C=N–C) groups is 2. The minimum Gasteiger partial charge on any atom is -0.478 e. The summed E-state index contributed by atoms with van der Waals surface area (Å²) in [5.74, 6) is -0.784. The summed E-state index contributed by atoms with van der Waals surface area (Å²) in [5, 5.41) is 29.3. The molecule has 0 unspecified atom stereocenters. The van der Waals surface area contributed by atoms with Gasteiger partial charge < -0.3 is 50.8 Å². The molecule has 2 heterocycles. The minimum atomic E-state index is -1.26. The monoisotopic (exact) mass is 724 g/mol. The number of carbonyl (C=O) groups is 2. The van der Waals surface area contributed by atoms with Crippen LogP contribution >= 0.6 is 0 Å². The Kier molecular flexibility index (Phi) is 22.4. The van der Waals surface area contributed by atoms with Crippen LogP contribution in [0.1, 0.15) is 53.4 Å². The molecule has 0 aromatic heterocycles. The van der Waals surface area contributed by atoms with Gasteiger partial charge >= 0.3 is 11.9 Å². The van der Waals surface area contributed by atoms with E-state index in [1.165, 1.54) is 11.4 Å². The number of anilines is 4. The lowest BCUT2D eigenvalue weighted by Gasteiger charge is -2.30. The standard InChI is InChI=1S/2C17H28N4O.C4H4O4/c2*1-3-9-18-17(19-10-4-2)20-15-7-5-6-8-16(15)21-11-13-22-14-12-21;5-3(6)1-2-4(7)8/h2*5-8H,3-4,9-14H2,1-2H3,(H2,18,19,20);1-2H,(H,5,6)(H,7,8)/b;;2-1+. The van der Waals surface area contributed by atoms with Crippen molar-refractivity contribution in [3.8, 4) is 0 Å². The van der Waals surface area contributed by atoms with E-state index in [-0.39, 0.29) is 0 Å². The second-order valence-corrected chi connectivity index (χ2v) is 11.8. The Bertz CT molecular complexity index is 1290. The fourth-order valence-corrected chi connectivity index (χ4v) is 4.93. The molecule has 0 aliphatic carbocycles. The van der Waals surface area contributed by atoms with Gasteiger partial charge in [0, 0.05) is 64.5 Å². The summed E-state index contributed by atoms with van der Waals surface area (Å²) in [5.41, 5.74) is 4.63. The van der Waals surface area contributed by atoms with Crippen LogP contribution in [0, 0.1) is 0 Å². The zero-order valence-corrected chi connectivity index (χ0v) is 31.4. The maximum atomic E-state index is 9.55. The normalized spacial score (nSPS) is 14.8. The van der Waals surface area contributed by atoms with Crippen LogP contribution in [0.2, 0.25) is 0 Å². The average Bonchev–Trinajstić information content (AvgIpc) is 3.17. The smallest absolute Gasteiger partial charge is 0.328 e. The van der Waals surface area contributed by atoms with E-state index in [2.05, 4.69) is 117 Å². The van der Waals surface area contributed by atoms with Gasteiger partial charge in [-0.1, -0.05) is 52.0 Å². The van der Waals surface area contributed by atoms with Crippen molar-refractivity contribution >= 4 is 46.6 Å². The highest BCUT2D eigenvalue weighted by molar-refractivity contribution is 5.97. The number of hydrogen-bond acceptors (Lipinski definition) is 8. The van der Waals surface area contributed by atoms with E-state index < -0.39 is 11.9 Å². The Balaban J connectivity index is 0.000000299. The number of rotatable bonds is 14. The molecule has 2 fully saturated rings. The van der Waals surface area contributed by atoms with Crippen molar-refractivity contribution < 1.29 is 29.3 Å². The Morgan fingerprint density at radius 3 is 1.33 bits per heavy atom. The summed E-state index contributed by atoms with van der Waals surface area (Å²) in [6.07, 6.45) is 5.37. The molecule has 0 spiro atoms. The van der Waals surface area contributed by atoms with Gasteiger partial charge in [0.1, 0.15) is 0 Å². The van der Waals surface area contributed by atoms with E-state index >= 15 is 0 Å². The van der Waals surface area contributed by atoms with Crippen molar-refractivity contribution in [2.45, 2.75) is 53.4 Å². The molecule has 6 N–H and O–H groups in total. The van der Waals surface area contributed by atoms with E-state index in [4.69, 9.17) is 19.7 Å². The number of nitrogens with zero attached hydrogens (tertiary/aromatic N) is 4. The molecule has 4 rings (SSSR count). The third kappa shape index (κ3) is 17.9. The topological polar surface area (TPSA) is 172 Å². The second kappa shape index (κ2) is 26.9. The molecule has 0 amide bonds. The van der Waals surface area contributed by atoms with Crippen LogP contribution in [0.5, 0.6) is 0 Å². The van der Waals surface area contributed by atoms with Gasteiger partial charge in [0.05, 0.1) is 49.2 Å². The number of morpholine rings is 2. The van der Waals surface area contributed by atoms with E-state index in [1.807, 2.05) is 0 Å². The zero-order chi connectivity index (χ0) is 37.8. The average molecular weight is 725 g/mol. The molecule has 2 aliphatic rings. The molecule has 2 saturated heterocycles. The van der Waals surface area contributed by atoms with Gasteiger partial charge in [0.25, 0.3) is 0 Å². The van der Waals surface area contributed by atoms with Crippen molar-refractivity contribution in [3.05, 3.63) is 60.7 Å². The Morgan fingerprint density at radius 2 is 1.00 bits per heavy atom. The fraction of sp³-hybridized carbons (Fsp3) is 0.526. The van der Waals surface area contributed by atoms with Crippen molar-refractivity contribution in [2.75, 3.05) is 99.2 Å². The van der Waals surface area contributed by atoms with Gasteiger partial charge in [0.15, 0.2) is 11.9 Å². The Labute approximate surface area is 309 Å². The third-order valence-corrected chi connectivity index (χ3v) is 7.46. The van der Waals surface area contributed by atoms with E-state index in [1.54, 1.807) is 0 Å². The number of guanidine groups is 2. The molecule has 0 radical (unpaired) electrons. The van der Waals surface area contributed by atoms with Gasteiger partial charge in [-0.25, -0.2) is 9.59 Å². The summed E-state index contributed by atoms with van der Waals surface area (Å²) in [7, 11) is 0. The van der Waals surface area contributed by atoms with Crippen LogP contribution in [-0.2, 0) is 19.1 Å². The highest BCUT2D eigenvalue weighted by Crippen LogP contribution is 2.27. The summed E-state index contributed by atoms with van der Waals surface area (Å²) in [6, 6.07) is 16.8. The molecular weight excluding hydrogens is 664 g/mol. The fourth-order valence-electron chi connectivity index (χ4n) is 4.93. The van der Waals surface area contributed by atoms with E-state index in [0.29, 0.717) is 12.2 Å². The van der Waals surface area contributed by atoms with Gasteiger partial charge in [0.2, 0.25) is 0 Å². The Morgan fingerprint density at radius 1 is 0.635 bits per heavy atom. The van der Waals surface area contributed by atoms with Crippen LogP contribution in [0.3, 0.4) is 0 Å². The van der Waals surface area contributed by atoms with Gasteiger partial charge in [-0.2, -0.15) is 0 Å². The maximum absolute atomic E-state index is 9.55. The molecule has 0 atom stereocenters. The lowest BCUT2D eigenvalue weighted by Crippen LogP contribution is -2.37. The predicted octanol–water partition coefficient (Wildman–Crippen LogP) is 5.11. The highest BCUT2D eigenvalue weighted by atomic mass is 16.5. The van der Waals surface area contributed by atoms with Crippen molar-refractivity contribution in [1.82, 2.24) is 10.6 Å². The van der Waals surface area contributed by atoms with Crippen LogP contribution in [0.25, 0.3) is 0 Å². The number of benzene rings is 2. The molecule has 14 heteroatoms.